The Morgan fingerprint density at radius 1 is 1.31 bits per heavy atom. The average molecular weight is 195 g/mol. The van der Waals surface area contributed by atoms with Gasteiger partial charge in [0, 0.05) is 12.4 Å². The van der Waals surface area contributed by atoms with Crippen LogP contribution in [0.2, 0.25) is 5.02 Å². The number of hydrogen-bond donors (Lipinski definition) is 0. The van der Waals surface area contributed by atoms with E-state index >= 15 is 0 Å². The van der Waals surface area contributed by atoms with Gasteiger partial charge in [-0.1, -0.05) is 11.6 Å². The zero-order chi connectivity index (χ0) is 9.26. The Morgan fingerprint density at radius 2 is 2.15 bits per heavy atom. The molecule has 0 aromatic carbocycles. The van der Waals surface area contributed by atoms with Gasteiger partial charge >= 0.3 is 0 Å². The van der Waals surface area contributed by atoms with Crippen LogP contribution in [0.1, 0.15) is 5.76 Å². The number of nitrogens with zero attached hydrogens (tertiary/aromatic N) is 2. The smallest absolute Gasteiger partial charge is 0.227 e. The van der Waals surface area contributed by atoms with Crippen LogP contribution in [0.15, 0.2) is 29.1 Å². The molecule has 0 saturated carbocycles. The molecule has 0 saturated heterocycles. The molecule has 0 aliphatic heterocycles. The lowest BCUT2D eigenvalue weighted by atomic mass is 10.3. The van der Waals surface area contributed by atoms with Crippen LogP contribution in [0.5, 0.6) is 0 Å². The normalized spacial score (nSPS) is 10.3. The van der Waals surface area contributed by atoms with Crippen molar-refractivity contribution in [1.29, 1.82) is 0 Å². The van der Waals surface area contributed by atoms with Gasteiger partial charge in [-0.3, -0.25) is 4.98 Å². The number of aryl methyl sites for hydroxylation is 1. The minimum atomic E-state index is 0.549. The van der Waals surface area contributed by atoms with Crippen LogP contribution < -0.4 is 0 Å². The summed E-state index contributed by atoms with van der Waals surface area (Å²) < 4.78 is 5.31. The molecule has 2 aromatic heterocycles. The van der Waals surface area contributed by atoms with E-state index in [1.54, 1.807) is 24.7 Å². The highest BCUT2D eigenvalue weighted by molar-refractivity contribution is 6.30. The molecule has 0 spiro atoms. The summed E-state index contributed by atoms with van der Waals surface area (Å²) in [5.41, 5.74) is 0.792. The summed E-state index contributed by atoms with van der Waals surface area (Å²) in [4.78, 5) is 8.00. The maximum atomic E-state index is 5.77. The molecule has 0 radical (unpaired) electrons. The minimum absolute atomic E-state index is 0.549. The number of halogens is 1. The average Bonchev–Trinajstić information content (AvgIpc) is 2.52. The molecular formula is C9H7ClN2O. The molecule has 3 nitrogen and oxygen atoms in total. The Hall–Kier alpha value is -1.35. The lowest BCUT2D eigenvalue weighted by Gasteiger charge is -1.94. The minimum Gasteiger partial charge on any atom is -0.441 e. The van der Waals surface area contributed by atoms with Crippen LogP contribution in [-0.4, -0.2) is 9.97 Å². The summed E-state index contributed by atoms with van der Waals surface area (Å²) in [6.45, 7) is 1.84. The van der Waals surface area contributed by atoms with Crippen molar-refractivity contribution < 1.29 is 4.42 Å². The molecule has 0 fully saturated rings. The molecule has 2 aromatic rings. The van der Waals surface area contributed by atoms with Crippen LogP contribution in [0.3, 0.4) is 0 Å². The van der Waals surface area contributed by atoms with Gasteiger partial charge < -0.3 is 4.42 Å². The molecule has 2 heterocycles. The van der Waals surface area contributed by atoms with Crippen molar-refractivity contribution in [3.63, 3.8) is 0 Å². The maximum Gasteiger partial charge on any atom is 0.227 e. The fourth-order valence-electron chi connectivity index (χ4n) is 1.02. The zero-order valence-corrected chi connectivity index (χ0v) is 7.75. The summed E-state index contributed by atoms with van der Waals surface area (Å²) in [5.74, 6) is 1.32. The topological polar surface area (TPSA) is 38.9 Å². The lowest BCUT2D eigenvalue weighted by molar-refractivity contribution is 0.542. The number of pyridine rings is 1. The van der Waals surface area contributed by atoms with Gasteiger partial charge in [0.15, 0.2) is 0 Å². The molecular weight excluding hydrogens is 188 g/mol. The van der Waals surface area contributed by atoms with E-state index in [0.29, 0.717) is 10.9 Å². The zero-order valence-electron chi connectivity index (χ0n) is 6.99. The monoisotopic (exact) mass is 194 g/mol. The second-order valence-corrected chi connectivity index (χ2v) is 3.10. The summed E-state index contributed by atoms with van der Waals surface area (Å²) in [6.07, 6.45) is 4.90. The molecule has 0 bridgehead atoms. The van der Waals surface area contributed by atoms with Gasteiger partial charge in [-0.2, -0.15) is 0 Å². The predicted octanol–water partition coefficient (Wildman–Crippen LogP) is 2.70. The molecule has 13 heavy (non-hydrogen) atoms. The second kappa shape index (κ2) is 3.18. The van der Waals surface area contributed by atoms with E-state index in [0.717, 1.165) is 11.3 Å². The third-order valence-corrected chi connectivity index (χ3v) is 1.78. The fourth-order valence-corrected chi connectivity index (χ4v) is 1.19. The first-order chi connectivity index (χ1) is 6.25. The first kappa shape index (κ1) is 8.26. The summed E-state index contributed by atoms with van der Waals surface area (Å²) in [7, 11) is 0. The van der Waals surface area contributed by atoms with Gasteiger partial charge in [0.1, 0.15) is 5.76 Å². The largest absolute Gasteiger partial charge is 0.441 e. The van der Waals surface area contributed by atoms with Crippen molar-refractivity contribution in [2.75, 3.05) is 0 Å². The van der Waals surface area contributed by atoms with Gasteiger partial charge in [0.25, 0.3) is 0 Å². The molecule has 4 heteroatoms. The van der Waals surface area contributed by atoms with Gasteiger partial charge in [-0.15, -0.1) is 0 Å². The Kier molecular flexibility index (Phi) is 2.02. The van der Waals surface area contributed by atoms with Crippen LogP contribution in [-0.2, 0) is 0 Å². The van der Waals surface area contributed by atoms with Crippen LogP contribution >= 0.6 is 11.6 Å². The van der Waals surface area contributed by atoms with Crippen molar-refractivity contribution in [3.8, 4) is 11.5 Å². The van der Waals surface area contributed by atoms with Crippen LogP contribution in [0.25, 0.3) is 11.5 Å². The third-order valence-electron chi connectivity index (χ3n) is 1.57. The van der Waals surface area contributed by atoms with Crippen molar-refractivity contribution >= 4 is 11.6 Å². The van der Waals surface area contributed by atoms with E-state index in [9.17, 15) is 0 Å². The first-order valence-corrected chi connectivity index (χ1v) is 4.17. The van der Waals surface area contributed by atoms with Crippen LogP contribution in [0.4, 0.5) is 0 Å². The number of hydrogen-bond acceptors (Lipinski definition) is 3. The quantitative estimate of drug-likeness (QED) is 0.701. The standard InChI is InChI=1S/C9H7ClN2O/c1-6-3-12-9(13-6)7-2-8(10)5-11-4-7/h2-5H,1H3. The van der Waals surface area contributed by atoms with Crippen LogP contribution in [0, 0.1) is 6.92 Å². The lowest BCUT2D eigenvalue weighted by Crippen LogP contribution is -1.78. The Morgan fingerprint density at radius 3 is 2.77 bits per heavy atom. The van der Waals surface area contributed by atoms with Gasteiger partial charge in [0.2, 0.25) is 5.89 Å². The van der Waals surface area contributed by atoms with Gasteiger partial charge in [0.05, 0.1) is 16.8 Å². The maximum absolute atomic E-state index is 5.77. The highest BCUT2D eigenvalue weighted by Crippen LogP contribution is 2.20. The predicted molar refractivity (Wildman–Crippen MR) is 49.5 cm³/mol. The summed E-state index contributed by atoms with van der Waals surface area (Å²) in [6, 6.07) is 1.76. The third kappa shape index (κ3) is 1.70. The van der Waals surface area contributed by atoms with E-state index in [-0.39, 0.29) is 0 Å². The number of rotatable bonds is 1. The van der Waals surface area contributed by atoms with Gasteiger partial charge in [-0.25, -0.2) is 4.98 Å². The van der Waals surface area contributed by atoms with E-state index < -0.39 is 0 Å². The highest BCUT2D eigenvalue weighted by Gasteiger charge is 2.04. The molecule has 0 atom stereocenters. The van der Waals surface area contributed by atoms with E-state index in [4.69, 9.17) is 16.0 Å². The fraction of sp³-hybridized carbons (Fsp3) is 0.111. The van der Waals surface area contributed by atoms with E-state index in [1.165, 1.54) is 0 Å². The van der Waals surface area contributed by atoms with Gasteiger partial charge in [-0.05, 0) is 13.0 Å². The van der Waals surface area contributed by atoms with Crippen molar-refractivity contribution in [1.82, 2.24) is 9.97 Å². The highest BCUT2D eigenvalue weighted by atomic mass is 35.5. The Balaban J connectivity index is 2.46. The Labute approximate surface area is 80.4 Å². The number of oxazole rings is 1. The molecule has 0 aliphatic carbocycles. The molecule has 0 amide bonds. The van der Waals surface area contributed by atoms with E-state index in [1.807, 2.05) is 6.92 Å². The van der Waals surface area contributed by atoms with Crippen molar-refractivity contribution in [2.24, 2.45) is 0 Å². The first-order valence-electron chi connectivity index (χ1n) is 3.79. The van der Waals surface area contributed by atoms with Crippen molar-refractivity contribution in [2.45, 2.75) is 6.92 Å². The van der Waals surface area contributed by atoms with E-state index in [2.05, 4.69) is 9.97 Å². The molecule has 0 N–H and O–H groups in total. The number of aromatic nitrogens is 2. The molecule has 0 aliphatic rings. The molecule has 2 rings (SSSR count). The summed E-state index contributed by atoms with van der Waals surface area (Å²) in [5, 5.41) is 0.577. The second-order valence-electron chi connectivity index (χ2n) is 2.67. The Bertz CT molecular complexity index is 425. The van der Waals surface area contributed by atoms with Crippen molar-refractivity contribution in [3.05, 3.63) is 35.4 Å². The summed E-state index contributed by atoms with van der Waals surface area (Å²) >= 11 is 5.77. The molecule has 0 unspecified atom stereocenters. The SMILES string of the molecule is Cc1cnc(-c2cncc(Cl)c2)o1. The molecule has 66 valence electrons.